The molecule has 0 saturated carbocycles. The van der Waals surface area contributed by atoms with Crippen LogP contribution in [0.1, 0.15) is 149 Å². The number of hydrogen-bond acceptors (Lipinski definition) is 15. The highest BCUT2D eigenvalue weighted by atomic mass is 79.9. The number of nitrogens with zero attached hydrogens (tertiary/aromatic N) is 5. The maximum Gasteiger partial charge on any atom is 0.494 e. The molecule has 420 valence electrons. The highest BCUT2D eigenvalue weighted by molar-refractivity contribution is 9.10. The number of nitrogens with one attached hydrogen (secondary N) is 2. The Hall–Kier alpha value is -4.68. The monoisotopic (exact) mass is 1150 g/mol. The van der Waals surface area contributed by atoms with Crippen molar-refractivity contribution >= 4 is 74.8 Å². The number of piperidine rings is 1. The van der Waals surface area contributed by atoms with E-state index in [1.54, 1.807) is 45.1 Å². The van der Waals surface area contributed by atoms with Crippen LogP contribution in [-0.4, -0.2) is 142 Å². The second kappa shape index (κ2) is 23.2. The molecule has 77 heavy (non-hydrogen) atoms. The van der Waals surface area contributed by atoms with E-state index in [0.29, 0.717) is 61.5 Å². The minimum Gasteiger partial charge on any atom is -0.465 e. The number of esters is 1. The van der Waals surface area contributed by atoms with Crippen LogP contribution in [0.3, 0.4) is 0 Å². The smallest absolute Gasteiger partial charge is 0.465 e. The van der Waals surface area contributed by atoms with Crippen molar-refractivity contribution in [2.24, 2.45) is 5.41 Å². The van der Waals surface area contributed by atoms with Crippen LogP contribution in [0.15, 0.2) is 40.4 Å². The lowest BCUT2D eigenvalue weighted by atomic mass is 9.77. The van der Waals surface area contributed by atoms with Crippen LogP contribution >= 0.6 is 27.3 Å². The molecule has 4 aromatic rings. The van der Waals surface area contributed by atoms with Gasteiger partial charge in [0.05, 0.1) is 60.6 Å². The number of carbonyl (C=O) groups excluding carboxylic acids is 3. The first-order valence-corrected chi connectivity index (χ1v) is 28.5. The van der Waals surface area contributed by atoms with E-state index >= 15 is 0 Å². The van der Waals surface area contributed by atoms with Gasteiger partial charge in [-0.1, -0.05) is 26.0 Å². The lowest BCUT2D eigenvalue weighted by Gasteiger charge is -2.47. The molecule has 3 amide bonds. The number of fused-ring (bicyclic) bond motifs is 3. The third-order valence-corrected chi connectivity index (χ3v) is 17.1. The van der Waals surface area contributed by atoms with Crippen molar-refractivity contribution in [2.45, 2.75) is 181 Å². The fraction of sp³-hybridized carbons (Fsp3) is 0.636. The fourth-order valence-electron chi connectivity index (χ4n) is 11.0. The summed E-state index contributed by atoms with van der Waals surface area (Å²) in [6, 6.07) is 5.92. The van der Waals surface area contributed by atoms with Crippen molar-refractivity contribution in [3.63, 3.8) is 0 Å². The van der Waals surface area contributed by atoms with Crippen LogP contribution in [0.4, 0.5) is 9.59 Å². The number of carbonyl (C=O) groups is 4. The van der Waals surface area contributed by atoms with Crippen LogP contribution in [0, 0.1) is 5.41 Å². The number of hydrazine groups is 1. The van der Waals surface area contributed by atoms with Crippen molar-refractivity contribution < 1.29 is 57.3 Å². The quantitative estimate of drug-likeness (QED) is 0.0665. The maximum atomic E-state index is 14.6. The Balaban J connectivity index is 1.11. The summed E-state index contributed by atoms with van der Waals surface area (Å²) in [5.41, 5.74) is 7.03. The average Bonchev–Trinajstić information content (AvgIpc) is 4.07. The number of hydrogen-bond donors (Lipinski definition) is 3. The molecule has 7 heterocycles. The van der Waals surface area contributed by atoms with Crippen molar-refractivity contribution in [1.82, 2.24) is 35.2 Å². The number of benzene rings is 1. The lowest BCUT2D eigenvalue weighted by molar-refractivity contribution is -0.156. The van der Waals surface area contributed by atoms with Gasteiger partial charge < -0.3 is 48.0 Å². The number of morpholine rings is 1. The molecule has 8 rings (SSSR count). The first-order valence-electron chi connectivity index (χ1n) is 26.8. The highest BCUT2D eigenvalue weighted by Gasteiger charge is 2.52. The van der Waals surface area contributed by atoms with Crippen molar-refractivity contribution in [3.8, 4) is 11.3 Å². The molecule has 4 saturated heterocycles. The van der Waals surface area contributed by atoms with Gasteiger partial charge in [-0.3, -0.25) is 24.5 Å². The van der Waals surface area contributed by atoms with Gasteiger partial charge in [0, 0.05) is 60.3 Å². The molecule has 3 aromatic heterocycles. The van der Waals surface area contributed by atoms with Gasteiger partial charge in [0.2, 0.25) is 0 Å². The van der Waals surface area contributed by atoms with Crippen molar-refractivity contribution in [1.29, 1.82) is 0 Å². The maximum absolute atomic E-state index is 14.6. The molecule has 2 bridgehead atoms. The molecule has 3 N–H and O–H groups in total. The van der Waals surface area contributed by atoms with Gasteiger partial charge in [-0.15, -0.1) is 11.3 Å². The minimum absolute atomic E-state index is 0.0356. The molecule has 0 radical (unpaired) electrons. The number of aryl methyl sites for hydroxylation is 1. The summed E-state index contributed by atoms with van der Waals surface area (Å²) < 4.78 is 45.9. The summed E-state index contributed by atoms with van der Waals surface area (Å²) >= 11 is 4.69. The van der Waals surface area contributed by atoms with E-state index in [0.717, 1.165) is 44.4 Å². The molecule has 19 nitrogen and oxygen atoms in total. The Morgan fingerprint density at radius 3 is 2.32 bits per heavy atom. The Bertz CT molecular complexity index is 2790. The number of carboxylic acid groups (broad SMARTS) is 1. The van der Waals surface area contributed by atoms with Gasteiger partial charge in [0.1, 0.15) is 33.4 Å². The van der Waals surface area contributed by atoms with Gasteiger partial charge in [0.25, 0.3) is 5.91 Å². The Labute approximate surface area is 465 Å². The largest absolute Gasteiger partial charge is 0.494 e. The summed E-state index contributed by atoms with van der Waals surface area (Å²) in [6.45, 7) is 25.2. The fourth-order valence-corrected chi connectivity index (χ4v) is 12.3. The zero-order valence-electron chi connectivity index (χ0n) is 46.8. The molecule has 1 aromatic carbocycles. The minimum atomic E-state index is -1.25. The first-order chi connectivity index (χ1) is 36.2. The van der Waals surface area contributed by atoms with E-state index in [9.17, 15) is 24.3 Å². The number of ether oxygens (including phenoxy) is 5. The molecular weight excluding hydrogens is 1070 g/mol. The van der Waals surface area contributed by atoms with Crippen molar-refractivity contribution in [3.05, 3.63) is 62.3 Å². The summed E-state index contributed by atoms with van der Waals surface area (Å²) in [7, 11) is 1.05. The second-order valence-electron chi connectivity index (χ2n) is 23.5. The Morgan fingerprint density at radius 1 is 1.04 bits per heavy atom. The third-order valence-electron chi connectivity index (χ3n) is 15.5. The molecule has 0 aliphatic carbocycles. The topological polar surface area (TPSA) is 214 Å². The molecule has 1 unspecified atom stereocenters. The molecule has 7 atom stereocenters. The van der Waals surface area contributed by atoms with Gasteiger partial charge in [-0.2, -0.15) is 0 Å². The molecule has 4 aliphatic heterocycles. The average molecular weight is 1150 g/mol. The van der Waals surface area contributed by atoms with Gasteiger partial charge in [-0.05, 0) is 152 Å². The number of halogens is 1. The molecular formula is C55H77BBrN7O12S. The number of alkyl carbamates (subject to hydrolysis) is 1. The number of aromatic nitrogens is 3. The van der Waals surface area contributed by atoms with Crippen LogP contribution < -0.4 is 16.2 Å². The number of pyridine rings is 1. The van der Waals surface area contributed by atoms with E-state index in [1.165, 1.54) is 16.3 Å². The highest BCUT2D eigenvalue weighted by Crippen LogP contribution is 2.45. The summed E-state index contributed by atoms with van der Waals surface area (Å²) in [5, 5.41) is 17.5. The predicted molar refractivity (Wildman–Crippen MR) is 296 cm³/mol. The van der Waals surface area contributed by atoms with Crippen molar-refractivity contribution in [2.75, 3.05) is 40.1 Å². The number of amides is 3. The van der Waals surface area contributed by atoms with E-state index in [1.807, 2.05) is 40.8 Å². The van der Waals surface area contributed by atoms with E-state index < -0.39 is 71.6 Å². The van der Waals surface area contributed by atoms with Crippen LogP contribution in [0.25, 0.3) is 22.2 Å². The number of methoxy groups -OCH3 is 1. The zero-order chi connectivity index (χ0) is 55.9. The predicted octanol–water partition coefficient (Wildman–Crippen LogP) is 8.85. The molecule has 0 spiro atoms. The molecule has 4 aliphatic rings. The third kappa shape index (κ3) is 12.7. The van der Waals surface area contributed by atoms with Gasteiger partial charge in [-0.25, -0.2) is 20.0 Å². The number of thiazole rings is 1. The summed E-state index contributed by atoms with van der Waals surface area (Å²) in [6.07, 6.45) is 1.42. The normalized spacial score (nSPS) is 22.6. The van der Waals surface area contributed by atoms with Crippen LogP contribution in [0.2, 0.25) is 0 Å². The zero-order valence-corrected chi connectivity index (χ0v) is 49.2. The second-order valence-corrected chi connectivity index (χ2v) is 25.2. The molecule has 22 heteroatoms. The van der Waals surface area contributed by atoms with Gasteiger partial charge >= 0.3 is 25.3 Å². The molecule has 4 fully saturated rings. The Morgan fingerprint density at radius 2 is 1.73 bits per heavy atom. The van der Waals surface area contributed by atoms with Crippen LogP contribution in [-0.2, 0) is 55.5 Å². The van der Waals surface area contributed by atoms with E-state index in [2.05, 4.69) is 81.3 Å². The van der Waals surface area contributed by atoms with E-state index in [4.69, 9.17) is 38.0 Å². The summed E-state index contributed by atoms with van der Waals surface area (Å²) in [4.78, 5) is 65.8. The van der Waals surface area contributed by atoms with Gasteiger partial charge in [0.15, 0.2) is 0 Å². The van der Waals surface area contributed by atoms with E-state index in [-0.39, 0.29) is 43.9 Å². The SMILES string of the molecule is CCO[C@H](c1nc(Br)cs1)[C@H](NC(=O)OC(C)(C)C)C(=O)N1CCC[C@@H](C(=O)OCC(C)(C)Cc2c(-c3cc(C4C[C@H]5COC[C@@H](C4)N5C(=O)O)cnc3[C@H](C)OC)n(CC)c3ccc(B4OC(C)(C)C(C)(C)O4)cc23)N1. The van der Waals surface area contributed by atoms with Crippen LogP contribution in [0.5, 0.6) is 0 Å². The standard InChI is InChI=1S/C55H77BBrN7O12S/c1-14-62-41-19-18-34(56-75-54(9,10)55(11,12)76-56)24-37(41)39(45(62)38-23-33(26-58-43(38)31(3)70-13)32-21-35-27-71-28-36(22-32)64(35)51(68)69)25-53(7,8)30-73-49(66)40-17-16-20-63(61-40)48(65)44(60-50(67)74-52(4,5)6)46(72-15-2)47-59-42(57)29-77-47/h18-19,23-24,26,29,31-32,35-36,40,44,46,61H,14-17,20-22,25,27-28,30H2,1-13H3,(H,60,67)(H,68,69)/t31-,32?,35-,36+,40-,44-,46-/m0/s1. The number of rotatable bonds is 17. The Kier molecular flexibility index (Phi) is 17.6. The summed E-state index contributed by atoms with van der Waals surface area (Å²) in [5.74, 6) is -1.01. The first kappa shape index (κ1) is 58.5. The lowest BCUT2D eigenvalue weighted by Crippen LogP contribution is -2.61.